The lowest BCUT2D eigenvalue weighted by molar-refractivity contribution is 0.574. The van der Waals surface area contributed by atoms with Crippen LogP contribution in [0.4, 0.5) is 0 Å². The average Bonchev–Trinajstić information content (AvgIpc) is 1.54. The summed E-state index contributed by atoms with van der Waals surface area (Å²) in [5.41, 5.74) is 27.6. The standard InChI is InChI=1S/C92H74N2/c1-51(2)57-22-26-62-47-86-76(39-66(62)34-57)80-43-70(61-30-32-85-75(38-61)73-17-13-14-18-84(73)92(85,8)9)44-81-77-41-68-36-59(24-28-64(68)49-87(77)93(86)90(80)81)54(6)20-21-55(7)60-25-29-65-50-89-79(42-69(65)37-60)83-46-71(74-33-53(5)19-31-72(74)56-15-11-10-12-16-56)45-82-78-40-67-35-58(52(3)4)23-27-63(67)48-88(78)94(89)91(82)83/h10-19,22-52,54-55H,20-21H2,1-9H3. The van der Waals surface area contributed by atoms with E-state index in [4.69, 9.17) is 0 Å². The van der Waals surface area contributed by atoms with Crippen LogP contribution in [0.1, 0.15) is 131 Å². The highest BCUT2D eigenvalue weighted by atomic mass is 14.9. The zero-order valence-electron chi connectivity index (χ0n) is 55.1. The smallest absolute Gasteiger partial charge is 0.0620 e. The third-order valence-electron chi connectivity index (χ3n) is 22.7. The fourth-order valence-electron chi connectivity index (χ4n) is 17.3. The van der Waals surface area contributed by atoms with Crippen LogP contribution in [0.5, 0.6) is 0 Å². The molecule has 1 aliphatic rings. The Kier molecular flexibility index (Phi) is 11.8. The SMILES string of the molecule is Cc1ccc(-c2ccccc2)c(-c2cc3c4cc5cc(C(C)C)ccc5cc4n4c5cc6ccc(C(C)CCC(C)c7ccc8cc9c(cc8c7)c7cc(-c8ccc%10c(c8)-c8ccccc8C%10(C)C)cc8c%10cc%11cc(C(C)C)ccc%11cc%10n9c87)cc6cc5c(c2)c34)c1. The molecule has 2 atom stereocenters. The molecule has 1 aliphatic carbocycles. The largest absolute Gasteiger partial charge is 0.308 e. The lowest BCUT2D eigenvalue weighted by atomic mass is 9.82. The molecule has 0 N–H and O–H groups in total. The van der Waals surface area contributed by atoms with E-state index in [0.29, 0.717) is 23.7 Å². The Morgan fingerprint density at radius 2 is 0.713 bits per heavy atom. The third-order valence-corrected chi connectivity index (χ3v) is 22.7. The molecular weight excluding hydrogens is 1130 g/mol. The molecule has 0 aliphatic heterocycles. The van der Waals surface area contributed by atoms with Gasteiger partial charge in [-0.2, -0.15) is 0 Å². The molecule has 2 heteroatoms. The summed E-state index contributed by atoms with van der Waals surface area (Å²) in [7, 11) is 0. The maximum absolute atomic E-state index is 2.58. The predicted octanol–water partition coefficient (Wildman–Crippen LogP) is 26.1. The van der Waals surface area contributed by atoms with Crippen molar-refractivity contribution in [2.75, 3.05) is 0 Å². The average molecular weight is 1210 g/mol. The van der Waals surface area contributed by atoms with Crippen molar-refractivity contribution in [1.29, 1.82) is 0 Å². The Bertz CT molecular complexity index is 6240. The second kappa shape index (κ2) is 20.1. The van der Waals surface area contributed by atoms with Crippen LogP contribution in [0.3, 0.4) is 0 Å². The Labute approximate surface area is 549 Å². The number of fused-ring (bicyclic) bond motifs is 19. The normalized spacial score (nSPS) is 14.1. The molecular formula is C92H74N2. The van der Waals surface area contributed by atoms with Gasteiger partial charge in [-0.05, 0) is 243 Å². The van der Waals surface area contributed by atoms with Gasteiger partial charge in [0.15, 0.2) is 0 Å². The lowest BCUT2D eigenvalue weighted by Crippen LogP contribution is -2.14. The quantitative estimate of drug-likeness (QED) is 0.129. The van der Waals surface area contributed by atoms with Crippen molar-refractivity contribution in [2.45, 2.75) is 104 Å². The highest BCUT2D eigenvalue weighted by Crippen LogP contribution is 2.52. The molecule has 94 heavy (non-hydrogen) atoms. The highest BCUT2D eigenvalue weighted by Gasteiger charge is 2.35. The van der Waals surface area contributed by atoms with E-state index in [-0.39, 0.29) is 5.41 Å². The topological polar surface area (TPSA) is 8.82 Å². The van der Waals surface area contributed by atoms with Gasteiger partial charge < -0.3 is 8.80 Å². The molecule has 19 rings (SSSR count). The van der Waals surface area contributed by atoms with E-state index in [1.807, 2.05) is 0 Å². The summed E-state index contributed by atoms with van der Waals surface area (Å²) in [6.07, 6.45) is 2.19. The molecule has 452 valence electrons. The Morgan fingerprint density at radius 1 is 0.287 bits per heavy atom. The third kappa shape index (κ3) is 8.14. The van der Waals surface area contributed by atoms with Crippen LogP contribution >= 0.6 is 0 Å². The number of benzene rings is 14. The number of aryl methyl sites for hydroxylation is 1. The Morgan fingerprint density at radius 3 is 1.19 bits per heavy atom. The zero-order valence-corrected chi connectivity index (χ0v) is 55.1. The summed E-state index contributed by atoms with van der Waals surface area (Å²) in [5, 5.41) is 20.9. The van der Waals surface area contributed by atoms with Crippen LogP contribution < -0.4 is 0 Å². The maximum atomic E-state index is 2.58. The second-order valence-electron chi connectivity index (χ2n) is 29.4. The van der Waals surface area contributed by atoms with E-state index in [1.165, 1.54) is 203 Å². The molecule has 0 radical (unpaired) electrons. The summed E-state index contributed by atoms with van der Waals surface area (Å²) in [4.78, 5) is 0. The van der Waals surface area contributed by atoms with E-state index >= 15 is 0 Å². The molecule has 14 aromatic carbocycles. The molecule has 0 spiro atoms. The van der Waals surface area contributed by atoms with Crippen LogP contribution in [0.2, 0.25) is 0 Å². The fraction of sp³-hybridized carbons (Fsp3) is 0.174. The van der Waals surface area contributed by atoms with E-state index in [9.17, 15) is 0 Å². The van der Waals surface area contributed by atoms with Gasteiger partial charge >= 0.3 is 0 Å². The summed E-state index contributed by atoms with van der Waals surface area (Å²) >= 11 is 0. The monoisotopic (exact) mass is 1210 g/mol. The summed E-state index contributed by atoms with van der Waals surface area (Å²) in [6.45, 7) is 21.0. The van der Waals surface area contributed by atoms with Gasteiger partial charge in [0, 0.05) is 48.5 Å². The predicted molar refractivity (Wildman–Crippen MR) is 405 cm³/mol. The lowest BCUT2D eigenvalue weighted by Gasteiger charge is -2.21. The van der Waals surface area contributed by atoms with Crippen molar-refractivity contribution in [2.24, 2.45) is 0 Å². The summed E-state index contributed by atoms with van der Waals surface area (Å²) in [5.74, 6) is 1.70. The molecule has 4 aromatic heterocycles. The van der Waals surface area contributed by atoms with Gasteiger partial charge in [-0.25, -0.2) is 0 Å². The van der Waals surface area contributed by atoms with Crippen molar-refractivity contribution in [3.8, 4) is 44.5 Å². The van der Waals surface area contributed by atoms with Gasteiger partial charge in [0.25, 0.3) is 0 Å². The van der Waals surface area contributed by atoms with E-state index < -0.39 is 0 Å². The first-order valence-corrected chi connectivity index (χ1v) is 34.4. The number of aromatic nitrogens is 2. The minimum atomic E-state index is -0.0410. The first-order chi connectivity index (χ1) is 45.7. The molecule has 2 unspecified atom stereocenters. The molecule has 2 nitrogen and oxygen atoms in total. The summed E-state index contributed by atoms with van der Waals surface area (Å²) in [6, 6.07) is 92.7. The van der Waals surface area contributed by atoms with E-state index in [1.54, 1.807) is 0 Å². The number of nitrogens with zero attached hydrogens (tertiary/aromatic N) is 2. The summed E-state index contributed by atoms with van der Waals surface area (Å²) < 4.78 is 5.16. The van der Waals surface area contributed by atoms with Crippen LogP contribution in [0.25, 0.3) is 164 Å². The van der Waals surface area contributed by atoms with E-state index in [0.717, 1.165) is 12.8 Å². The van der Waals surface area contributed by atoms with Gasteiger partial charge in [0.1, 0.15) is 0 Å². The first kappa shape index (κ1) is 55.4. The van der Waals surface area contributed by atoms with Gasteiger partial charge in [-0.3, -0.25) is 0 Å². The van der Waals surface area contributed by atoms with Crippen molar-refractivity contribution < 1.29 is 0 Å². The molecule has 18 aromatic rings. The van der Waals surface area contributed by atoms with Crippen LogP contribution in [-0.4, -0.2) is 8.80 Å². The van der Waals surface area contributed by atoms with Gasteiger partial charge in [0.2, 0.25) is 0 Å². The number of hydrogen-bond acceptors (Lipinski definition) is 0. The maximum Gasteiger partial charge on any atom is 0.0620 e. The fourth-order valence-corrected chi connectivity index (χ4v) is 17.3. The molecule has 0 bridgehead atoms. The van der Waals surface area contributed by atoms with Crippen molar-refractivity contribution in [1.82, 2.24) is 8.80 Å². The molecule has 0 fully saturated rings. The Hall–Kier alpha value is -10.3. The molecule has 0 saturated carbocycles. The Balaban J connectivity index is 0.683. The minimum Gasteiger partial charge on any atom is -0.308 e. The first-order valence-electron chi connectivity index (χ1n) is 34.4. The van der Waals surface area contributed by atoms with Crippen LogP contribution in [0.15, 0.2) is 237 Å². The van der Waals surface area contributed by atoms with Gasteiger partial charge in [-0.15, -0.1) is 0 Å². The van der Waals surface area contributed by atoms with Crippen LogP contribution in [-0.2, 0) is 5.41 Å². The highest BCUT2D eigenvalue weighted by molar-refractivity contribution is 6.29. The van der Waals surface area contributed by atoms with E-state index in [2.05, 4.69) is 308 Å². The van der Waals surface area contributed by atoms with Gasteiger partial charge in [-0.1, -0.05) is 219 Å². The van der Waals surface area contributed by atoms with Crippen molar-refractivity contribution in [3.63, 3.8) is 0 Å². The van der Waals surface area contributed by atoms with Crippen molar-refractivity contribution in [3.05, 3.63) is 276 Å². The minimum absolute atomic E-state index is 0.0410. The van der Waals surface area contributed by atoms with Crippen molar-refractivity contribution >= 4 is 119 Å². The zero-order chi connectivity index (χ0) is 63.3. The second-order valence-corrected chi connectivity index (χ2v) is 29.4. The molecule has 4 heterocycles. The van der Waals surface area contributed by atoms with Crippen LogP contribution in [0, 0.1) is 6.92 Å². The number of hydrogen-bond donors (Lipinski definition) is 0. The molecule has 0 saturated heterocycles. The van der Waals surface area contributed by atoms with Gasteiger partial charge in [0.05, 0.1) is 33.1 Å². The number of rotatable bonds is 10. The molecule has 0 amide bonds.